The van der Waals surface area contributed by atoms with Crippen LogP contribution < -0.4 is 5.43 Å². The van der Waals surface area contributed by atoms with Crippen molar-refractivity contribution in [3.8, 4) is 28.6 Å². The van der Waals surface area contributed by atoms with Gasteiger partial charge in [-0.3, -0.25) is 9.59 Å². The van der Waals surface area contributed by atoms with E-state index in [2.05, 4.69) is 0 Å². The lowest BCUT2D eigenvalue weighted by atomic mass is 9.75. The van der Waals surface area contributed by atoms with Crippen molar-refractivity contribution in [2.24, 2.45) is 23.7 Å². The molecule has 1 aromatic carbocycles. The molecule has 4 N–H and O–H groups in total. The van der Waals surface area contributed by atoms with Gasteiger partial charge in [0.25, 0.3) is 0 Å². The van der Waals surface area contributed by atoms with E-state index in [0.29, 0.717) is 16.5 Å². The third-order valence-electron chi connectivity index (χ3n) is 6.59. The first-order valence-electron chi connectivity index (χ1n) is 9.35. The van der Waals surface area contributed by atoms with Crippen molar-refractivity contribution < 1.29 is 29.6 Å². The maximum Gasteiger partial charge on any atom is 0.307 e. The molecule has 2 bridgehead atoms. The van der Waals surface area contributed by atoms with Gasteiger partial charge >= 0.3 is 5.97 Å². The third kappa shape index (κ3) is 2.18. The minimum absolute atomic E-state index is 0.0556. The number of carbonyl (C=O) groups is 1. The van der Waals surface area contributed by atoms with Crippen LogP contribution in [0.25, 0.3) is 22.3 Å². The van der Waals surface area contributed by atoms with Gasteiger partial charge in [0, 0.05) is 16.9 Å². The van der Waals surface area contributed by atoms with Gasteiger partial charge in [0.05, 0.1) is 5.92 Å². The van der Waals surface area contributed by atoms with Crippen LogP contribution in [-0.4, -0.2) is 26.4 Å². The first kappa shape index (κ1) is 17.6. The van der Waals surface area contributed by atoms with Crippen molar-refractivity contribution in [2.45, 2.75) is 12.8 Å². The molecule has 0 aromatic heterocycles. The Labute approximate surface area is 164 Å². The SMILES string of the molecule is C[C@@H]1[C@H]2C=C[C@H]1[C@H](c1c3ccc(=O)c(O)c-3oc3c(O)c(O)ccc13)[C@H]2C(=O)O. The number of hydrogen-bond donors (Lipinski definition) is 4. The second-order valence-corrected chi connectivity index (χ2v) is 7.90. The molecular formula is C22H18O7. The summed E-state index contributed by atoms with van der Waals surface area (Å²) in [6.45, 7) is 2.01. The van der Waals surface area contributed by atoms with Crippen molar-refractivity contribution in [3.63, 3.8) is 0 Å². The number of carboxylic acids is 1. The second-order valence-electron chi connectivity index (χ2n) is 7.90. The van der Waals surface area contributed by atoms with E-state index in [-0.39, 0.29) is 29.1 Å². The zero-order chi connectivity index (χ0) is 20.6. The number of aromatic hydroxyl groups is 3. The number of phenols is 3. The molecule has 0 unspecified atom stereocenters. The molecule has 5 rings (SSSR count). The van der Waals surface area contributed by atoms with Gasteiger partial charge in [-0.25, -0.2) is 0 Å². The maximum absolute atomic E-state index is 12.2. The minimum atomic E-state index is -0.923. The first-order chi connectivity index (χ1) is 13.8. The number of fused-ring (bicyclic) bond motifs is 4. The van der Waals surface area contributed by atoms with E-state index in [1.807, 2.05) is 19.1 Å². The van der Waals surface area contributed by atoms with Gasteiger partial charge in [-0.15, -0.1) is 0 Å². The molecule has 0 radical (unpaired) electrons. The normalized spacial score (nSPS) is 27.8. The van der Waals surface area contributed by atoms with Gasteiger partial charge in [-0.05, 0) is 47.6 Å². The number of aliphatic carboxylic acids is 1. The Kier molecular flexibility index (Phi) is 3.50. The van der Waals surface area contributed by atoms with Crippen molar-refractivity contribution in [3.05, 3.63) is 52.2 Å². The highest BCUT2D eigenvalue weighted by Gasteiger charge is 2.54. The first-order valence-corrected chi connectivity index (χ1v) is 9.35. The molecule has 3 aliphatic carbocycles. The summed E-state index contributed by atoms with van der Waals surface area (Å²) in [5.41, 5.74) is 0.256. The summed E-state index contributed by atoms with van der Waals surface area (Å²) in [6, 6.07) is 5.60. The van der Waals surface area contributed by atoms with Gasteiger partial charge in [0.2, 0.25) is 16.9 Å². The average Bonchev–Trinajstić information content (AvgIpc) is 3.19. The monoisotopic (exact) mass is 394 g/mol. The molecule has 0 spiro atoms. The zero-order valence-electron chi connectivity index (χ0n) is 15.4. The Morgan fingerprint density at radius 2 is 1.72 bits per heavy atom. The fourth-order valence-electron chi connectivity index (χ4n) is 5.28. The Balaban J connectivity index is 1.93. The number of phenolic OH excluding ortho intramolecular Hbond substituents is 3. The molecule has 0 amide bonds. The van der Waals surface area contributed by atoms with Crippen LogP contribution in [-0.2, 0) is 4.79 Å². The van der Waals surface area contributed by atoms with Crippen molar-refractivity contribution in [2.75, 3.05) is 0 Å². The predicted molar refractivity (Wildman–Crippen MR) is 103 cm³/mol. The summed E-state index contributed by atoms with van der Waals surface area (Å²) >= 11 is 0. The van der Waals surface area contributed by atoms with E-state index in [0.717, 1.165) is 0 Å². The molecule has 1 heterocycles. The smallest absolute Gasteiger partial charge is 0.307 e. The van der Waals surface area contributed by atoms with Gasteiger partial charge < -0.3 is 24.8 Å². The predicted octanol–water partition coefficient (Wildman–Crippen LogP) is 3.25. The largest absolute Gasteiger partial charge is 0.504 e. The van der Waals surface area contributed by atoms with E-state index in [4.69, 9.17) is 4.42 Å². The molecular weight excluding hydrogens is 376 g/mol. The lowest BCUT2D eigenvalue weighted by molar-refractivity contribution is -0.143. The van der Waals surface area contributed by atoms with Gasteiger partial charge in [0.15, 0.2) is 17.1 Å². The lowest BCUT2D eigenvalue weighted by Crippen LogP contribution is -2.26. The standard InChI is InChI=1S/C22H18O7/c1-8-9-2-3-10(8)17(22(27)28)16(9)15-11-4-6-13(23)18(25)20(11)29-21-12(15)5-7-14(24)19(21)26/h2-10,16-17,23,25-26H,1H3,(H,27,28)/t8-,9+,10+,16+,17-/m0/s1. The summed E-state index contributed by atoms with van der Waals surface area (Å²) in [5.74, 6) is -3.84. The number of hydrogen-bond acceptors (Lipinski definition) is 6. The Morgan fingerprint density at radius 1 is 1.00 bits per heavy atom. The summed E-state index contributed by atoms with van der Waals surface area (Å²) in [6.07, 6.45) is 3.96. The Morgan fingerprint density at radius 3 is 2.45 bits per heavy atom. The van der Waals surface area contributed by atoms with Gasteiger partial charge in [-0.2, -0.15) is 0 Å². The van der Waals surface area contributed by atoms with Crippen LogP contribution in [0.3, 0.4) is 0 Å². The molecule has 29 heavy (non-hydrogen) atoms. The highest BCUT2D eigenvalue weighted by molar-refractivity contribution is 5.95. The van der Waals surface area contributed by atoms with E-state index in [9.17, 15) is 30.0 Å². The van der Waals surface area contributed by atoms with Crippen LogP contribution in [0.5, 0.6) is 17.2 Å². The number of rotatable bonds is 2. The zero-order valence-corrected chi connectivity index (χ0v) is 15.4. The summed E-state index contributed by atoms with van der Waals surface area (Å²) in [4.78, 5) is 24.2. The average molecular weight is 394 g/mol. The van der Waals surface area contributed by atoms with Crippen molar-refractivity contribution in [1.29, 1.82) is 0 Å². The van der Waals surface area contributed by atoms with Crippen LogP contribution in [0.1, 0.15) is 18.4 Å². The molecule has 1 saturated carbocycles. The highest BCUT2D eigenvalue weighted by Crippen LogP contribution is 2.59. The summed E-state index contributed by atoms with van der Waals surface area (Å²) < 4.78 is 5.65. The second kappa shape index (κ2) is 5.76. The van der Waals surface area contributed by atoms with Crippen LogP contribution in [0.2, 0.25) is 0 Å². The van der Waals surface area contributed by atoms with E-state index in [1.165, 1.54) is 18.2 Å². The highest BCUT2D eigenvalue weighted by atomic mass is 16.4. The minimum Gasteiger partial charge on any atom is -0.504 e. The van der Waals surface area contributed by atoms with Crippen LogP contribution >= 0.6 is 0 Å². The fraction of sp³-hybridized carbons (Fsp3) is 0.273. The molecule has 4 aliphatic rings. The topological polar surface area (TPSA) is 128 Å². The van der Waals surface area contributed by atoms with Crippen LogP contribution in [0.4, 0.5) is 0 Å². The molecule has 148 valence electrons. The number of carboxylic acid groups (broad SMARTS) is 1. The van der Waals surface area contributed by atoms with Crippen molar-refractivity contribution in [1.82, 2.24) is 0 Å². The Hall–Kier alpha value is -3.48. The molecule has 0 saturated heterocycles. The summed E-state index contributed by atoms with van der Waals surface area (Å²) in [5, 5.41) is 41.0. The molecule has 7 heteroatoms. The molecule has 7 nitrogen and oxygen atoms in total. The van der Waals surface area contributed by atoms with Crippen LogP contribution in [0.15, 0.2) is 45.6 Å². The number of benzene rings is 2. The molecule has 5 atom stereocenters. The van der Waals surface area contributed by atoms with Crippen LogP contribution in [0, 0.1) is 23.7 Å². The molecule has 1 aromatic rings. The van der Waals surface area contributed by atoms with Crippen molar-refractivity contribution >= 4 is 16.9 Å². The lowest BCUT2D eigenvalue weighted by Gasteiger charge is -2.29. The van der Waals surface area contributed by atoms with E-state index in [1.54, 1.807) is 6.07 Å². The summed E-state index contributed by atoms with van der Waals surface area (Å²) in [7, 11) is 0. The maximum atomic E-state index is 12.2. The third-order valence-corrected chi connectivity index (χ3v) is 6.59. The van der Waals surface area contributed by atoms with Gasteiger partial charge in [-0.1, -0.05) is 19.1 Å². The van der Waals surface area contributed by atoms with E-state index >= 15 is 0 Å². The molecule has 1 fully saturated rings. The quantitative estimate of drug-likeness (QED) is 0.298. The van der Waals surface area contributed by atoms with Gasteiger partial charge in [0.1, 0.15) is 0 Å². The molecule has 1 aliphatic heterocycles. The van der Waals surface area contributed by atoms with E-state index < -0.39 is 40.5 Å². The Bertz CT molecular complexity index is 1240. The fourth-order valence-corrected chi connectivity index (χ4v) is 5.28. The number of allylic oxidation sites excluding steroid dienone is 2.